The van der Waals surface area contributed by atoms with Gasteiger partial charge < -0.3 is 14.4 Å². The van der Waals surface area contributed by atoms with Crippen molar-refractivity contribution < 1.29 is 14.3 Å². The molecular formula is C17H25NO3. The summed E-state index contributed by atoms with van der Waals surface area (Å²) in [6.45, 7) is 6.96. The number of carbonyl (C=O) groups is 1. The second-order valence-electron chi connectivity index (χ2n) is 5.48. The minimum absolute atomic E-state index is 0.129. The van der Waals surface area contributed by atoms with E-state index in [-0.39, 0.29) is 5.97 Å². The van der Waals surface area contributed by atoms with Crippen molar-refractivity contribution in [1.82, 2.24) is 4.90 Å². The second kappa shape index (κ2) is 6.94. The van der Waals surface area contributed by atoms with E-state index in [9.17, 15) is 4.79 Å². The Labute approximate surface area is 127 Å². The Morgan fingerprint density at radius 1 is 1.19 bits per heavy atom. The Morgan fingerprint density at radius 3 is 2.29 bits per heavy atom. The monoisotopic (exact) mass is 291 g/mol. The van der Waals surface area contributed by atoms with Gasteiger partial charge in [-0.25, -0.2) is 0 Å². The largest absolute Gasteiger partial charge is 0.497 e. The first-order chi connectivity index (χ1) is 10.1. The molecule has 0 aliphatic carbocycles. The number of carbonyl (C=O) groups excluding carboxylic acids is 1. The molecule has 0 bridgehead atoms. The van der Waals surface area contributed by atoms with Gasteiger partial charge in [-0.2, -0.15) is 0 Å². The normalized spacial score (nSPS) is 18.2. The molecule has 0 aromatic heterocycles. The highest BCUT2D eigenvalue weighted by Crippen LogP contribution is 2.37. The van der Waals surface area contributed by atoms with E-state index in [1.165, 1.54) is 0 Å². The summed E-state index contributed by atoms with van der Waals surface area (Å²) in [6, 6.07) is 7.90. The number of likely N-dealkylation sites (tertiary alicyclic amines) is 1. The maximum Gasteiger partial charge on any atom is 0.306 e. The maximum absolute atomic E-state index is 11.9. The average molecular weight is 291 g/mol. The lowest BCUT2D eigenvalue weighted by atomic mass is 9.84. The molecule has 0 amide bonds. The first-order valence-electron chi connectivity index (χ1n) is 7.72. The summed E-state index contributed by atoms with van der Waals surface area (Å²) in [5.41, 5.74) is 0.589. The molecule has 1 fully saturated rings. The third-order valence-electron chi connectivity index (χ3n) is 4.32. The molecule has 0 radical (unpaired) electrons. The molecule has 4 heteroatoms. The first-order valence-corrected chi connectivity index (χ1v) is 7.72. The van der Waals surface area contributed by atoms with Crippen molar-refractivity contribution >= 4 is 5.97 Å². The Morgan fingerprint density at radius 2 is 1.81 bits per heavy atom. The third-order valence-corrected chi connectivity index (χ3v) is 4.32. The number of rotatable bonds is 5. The lowest BCUT2D eigenvalue weighted by Crippen LogP contribution is -2.45. The summed E-state index contributed by atoms with van der Waals surface area (Å²) in [4.78, 5) is 14.3. The smallest absolute Gasteiger partial charge is 0.306 e. The summed E-state index contributed by atoms with van der Waals surface area (Å²) < 4.78 is 11.1. The van der Waals surface area contributed by atoms with Gasteiger partial charge in [0, 0.05) is 32.4 Å². The summed E-state index contributed by atoms with van der Waals surface area (Å²) in [6.07, 6.45) is 2.10. The van der Waals surface area contributed by atoms with Crippen LogP contribution in [-0.2, 0) is 15.1 Å². The number of piperidine rings is 1. The van der Waals surface area contributed by atoms with Gasteiger partial charge in [0.2, 0.25) is 0 Å². The van der Waals surface area contributed by atoms with Gasteiger partial charge in [-0.3, -0.25) is 4.79 Å². The Balaban J connectivity index is 2.24. The van der Waals surface area contributed by atoms with Gasteiger partial charge in [0.25, 0.3) is 0 Å². The lowest BCUT2D eigenvalue weighted by molar-refractivity contribution is -0.166. The maximum atomic E-state index is 11.9. The predicted molar refractivity (Wildman–Crippen MR) is 82.4 cm³/mol. The zero-order valence-electron chi connectivity index (χ0n) is 13.2. The molecule has 116 valence electrons. The molecule has 1 heterocycles. The Kier molecular flexibility index (Phi) is 5.23. The van der Waals surface area contributed by atoms with Gasteiger partial charge in [0.15, 0.2) is 0 Å². The topological polar surface area (TPSA) is 38.8 Å². The molecule has 0 unspecified atom stereocenters. The molecule has 1 aromatic rings. The molecule has 0 atom stereocenters. The molecule has 2 rings (SSSR count). The highest BCUT2D eigenvalue weighted by molar-refractivity contribution is 5.69. The molecule has 0 saturated carbocycles. The Hall–Kier alpha value is -1.55. The fraction of sp³-hybridized carbons (Fsp3) is 0.588. The summed E-state index contributed by atoms with van der Waals surface area (Å²) in [7, 11) is 1.65. The SMILES string of the molecule is CCC(=O)OC1(c2ccc(OC)cc2)CCN(CC)CC1. The van der Waals surface area contributed by atoms with E-state index in [1.54, 1.807) is 7.11 Å². The highest BCUT2D eigenvalue weighted by Gasteiger charge is 2.39. The fourth-order valence-corrected chi connectivity index (χ4v) is 2.86. The van der Waals surface area contributed by atoms with Crippen LogP contribution in [0.15, 0.2) is 24.3 Å². The molecule has 1 aliphatic rings. The first kappa shape index (κ1) is 15.8. The van der Waals surface area contributed by atoms with Crippen LogP contribution in [0, 0.1) is 0 Å². The van der Waals surface area contributed by atoms with Crippen molar-refractivity contribution in [3.05, 3.63) is 29.8 Å². The predicted octanol–water partition coefficient (Wildman–Crippen LogP) is 2.96. The van der Waals surface area contributed by atoms with Crippen LogP contribution in [0.5, 0.6) is 5.75 Å². The van der Waals surface area contributed by atoms with E-state index >= 15 is 0 Å². The quantitative estimate of drug-likeness (QED) is 0.782. The van der Waals surface area contributed by atoms with Crippen LogP contribution in [0.2, 0.25) is 0 Å². The highest BCUT2D eigenvalue weighted by atomic mass is 16.6. The van der Waals surface area contributed by atoms with Crippen LogP contribution in [0.25, 0.3) is 0 Å². The molecule has 4 nitrogen and oxygen atoms in total. The van der Waals surface area contributed by atoms with Crippen LogP contribution < -0.4 is 4.74 Å². The van der Waals surface area contributed by atoms with E-state index in [2.05, 4.69) is 11.8 Å². The zero-order chi connectivity index (χ0) is 15.3. The molecule has 0 N–H and O–H groups in total. The van der Waals surface area contributed by atoms with Crippen molar-refractivity contribution in [2.24, 2.45) is 0 Å². The Bertz CT molecular complexity index is 461. The molecule has 21 heavy (non-hydrogen) atoms. The van der Waals surface area contributed by atoms with Crippen LogP contribution in [-0.4, -0.2) is 37.6 Å². The number of nitrogens with zero attached hydrogens (tertiary/aromatic N) is 1. The average Bonchev–Trinajstić information content (AvgIpc) is 2.55. The van der Waals surface area contributed by atoms with Crippen LogP contribution in [0.3, 0.4) is 0 Å². The van der Waals surface area contributed by atoms with Gasteiger partial charge in [0.05, 0.1) is 7.11 Å². The summed E-state index contributed by atoms with van der Waals surface area (Å²) in [5.74, 6) is 0.692. The van der Waals surface area contributed by atoms with Gasteiger partial charge in [-0.1, -0.05) is 26.0 Å². The molecule has 1 saturated heterocycles. The van der Waals surface area contributed by atoms with Crippen molar-refractivity contribution in [3.8, 4) is 5.75 Å². The van der Waals surface area contributed by atoms with E-state index in [0.717, 1.165) is 43.8 Å². The van der Waals surface area contributed by atoms with Gasteiger partial charge in [0.1, 0.15) is 11.4 Å². The van der Waals surface area contributed by atoms with E-state index in [4.69, 9.17) is 9.47 Å². The van der Waals surface area contributed by atoms with Crippen LogP contribution in [0.4, 0.5) is 0 Å². The number of methoxy groups -OCH3 is 1. The minimum atomic E-state index is -0.481. The number of hydrogen-bond donors (Lipinski definition) is 0. The zero-order valence-corrected chi connectivity index (χ0v) is 13.2. The van der Waals surface area contributed by atoms with Crippen LogP contribution >= 0.6 is 0 Å². The number of esters is 1. The number of ether oxygens (including phenoxy) is 2. The summed E-state index contributed by atoms with van der Waals surface area (Å²) in [5, 5.41) is 0. The lowest BCUT2D eigenvalue weighted by Gasteiger charge is -2.41. The van der Waals surface area contributed by atoms with Gasteiger partial charge in [-0.15, -0.1) is 0 Å². The molecule has 1 aliphatic heterocycles. The van der Waals surface area contributed by atoms with E-state index in [0.29, 0.717) is 6.42 Å². The number of benzene rings is 1. The number of hydrogen-bond acceptors (Lipinski definition) is 4. The van der Waals surface area contributed by atoms with Gasteiger partial charge >= 0.3 is 5.97 Å². The second-order valence-corrected chi connectivity index (χ2v) is 5.48. The molecular weight excluding hydrogens is 266 g/mol. The third kappa shape index (κ3) is 3.56. The molecule has 0 spiro atoms. The van der Waals surface area contributed by atoms with Crippen molar-refractivity contribution in [2.45, 2.75) is 38.7 Å². The molecule has 1 aromatic carbocycles. The summed E-state index contributed by atoms with van der Waals surface area (Å²) >= 11 is 0. The van der Waals surface area contributed by atoms with E-state index < -0.39 is 5.60 Å². The van der Waals surface area contributed by atoms with Crippen LogP contribution in [0.1, 0.15) is 38.7 Å². The van der Waals surface area contributed by atoms with Gasteiger partial charge in [-0.05, 0) is 24.2 Å². The van der Waals surface area contributed by atoms with Crippen molar-refractivity contribution in [3.63, 3.8) is 0 Å². The van der Waals surface area contributed by atoms with Crippen molar-refractivity contribution in [1.29, 1.82) is 0 Å². The standard InChI is InChI=1S/C17H25NO3/c1-4-16(19)21-17(10-12-18(5-2)13-11-17)14-6-8-15(20-3)9-7-14/h6-9H,4-5,10-13H2,1-3H3. The minimum Gasteiger partial charge on any atom is -0.497 e. The van der Waals surface area contributed by atoms with Crippen molar-refractivity contribution in [2.75, 3.05) is 26.7 Å². The van der Waals surface area contributed by atoms with E-state index in [1.807, 2.05) is 31.2 Å². The fourth-order valence-electron chi connectivity index (χ4n) is 2.86.